The number of rotatable bonds is 7. The number of carbonyl (C=O) groups is 1. The third-order valence-corrected chi connectivity index (χ3v) is 4.87. The van der Waals surface area contributed by atoms with E-state index in [2.05, 4.69) is 5.32 Å². The topological polar surface area (TPSA) is 66.5 Å². The van der Waals surface area contributed by atoms with Gasteiger partial charge in [-0.1, -0.05) is 54.1 Å². The summed E-state index contributed by atoms with van der Waals surface area (Å²) in [4.78, 5) is 11.9. The molecule has 0 saturated heterocycles. The maximum absolute atomic E-state index is 12.0. The molecular formula is C17H19ClN2O3S. The molecule has 0 atom stereocenters. The van der Waals surface area contributed by atoms with E-state index in [4.69, 9.17) is 11.6 Å². The van der Waals surface area contributed by atoms with Crippen LogP contribution in [0.25, 0.3) is 0 Å². The number of carbonyl (C=O) groups excluding carboxylic acids is 1. The molecule has 24 heavy (non-hydrogen) atoms. The molecule has 0 unspecified atom stereocenters. The van der Waals surface area contributed by atoms with E-state index < -0.39 is 10.0 Å². The summed E-state index contributed by atoms with van der Waals surface area (Å²) in [6.45, 7) is 0.313. The van der Waals surface area contributed by atoms with Gasteiger partial charge in [-0.3, -0.25) is 9.10 Å². The van der Waals surface area contributed by atoms with Gasteiger partial charge < -0.3 is 5.32 Å². The Morgan fingerprint density at radius 3 is 2.33 bits per heavy atom. The van der Waals surface area contributed by atoms with Crippen LogP contribution in [0.15, 0.2) is 54.6 Å². The van der Waals surface area contributed by atoms with Gasteiger partial charge >= 0.3 is 0 Å². The van der Waals surface area contributed by atoms with Gasteiger partial charge in [-0.2, -0.15) is 0 Å². The van der Waals surface area contributed by atoms with Crippen LogP contribution in [-0.4, -0.2) is 33.7 Å². The number of halogens is 1. The van der Waals surface area contributed by atoms with Crippen LogP contribution in [0.5, 0.6) is 0 Å². The highest BCUT2D eigenvalue weighted by Gasteiger charge is 2.19. The van der Waals surface area contributed by atoms with Crippen LogP contribution in [0.2, 0.25) is 5.02 Å². The van der Waals surface area contributed by atoms with E-state index in [-0.39, 0.29) is 25.4 Å². The van der Waals surface area contributed by atoms with E-state index in [0.717, 1.165) is 11.8 Å². The first-order valence-corrected chi connectivity index (χ1v) is 9.63. The molecule has 0 heterocycles. The van der Waals surface area contributed by atoms with Gasteiger partial charge in [0.25, 0.3) is 0 Å². The Balaban J connectivity index is 1.97. The number of nitrogens with one attached hydrogen (secondary N) is 1. The Kier molecular flexibility index (Phi) is 6.23. The SMILES string of the molecule is CS(=O)(=O)N(CCNC(=O)Cc1ccccc1)c1ccccc1Cl. The predicted octanol–water partition coefficient (Wildman–Crippen LogP) is 2.46. The van der Waals surface area contributed by atoms with Gasteiger partial charge in [0.05, 0.1) is 29.9 Å². The number of hydrogen-bond acceptors (Lipinski definition) is 3. The van der Waals surface area contributed by atoms with Crippen LogP contribution in [0.4, 0.5) is 5.69 Å². The maximum Gasteiger partial charge on any atom is 0.232 e. The first-order chi connectivity index (χ1) is 11.4. The average Bonchev–Trinajstić information content (AvgIpc) is 2.52. The Hall–Kier alpha value is -2.05. The molecule has 1 N–H and O–H groups in total. The third-order valence-electron chi connectivity index (χ3n) is 3.37. The fraction of sp³-hybridized carbons (Fsp3) is 0.235. The lowest BCUT2D eigenvalue weighted by atomic mass is 10.1. The molecule has 0 saturated carbocycles. The van der Waals surface area contributed by atoms with Crippen molar-refractivity contribution in [2.24, 2.45) is 0 Å². The molecule has 0 fully saturated rings. The number of hydrogen-bond donors (Lipinski definition) is 1. The van der Waals surface area contributed by atoms with Crippen LogP contribution in [0, 0.1) is 0 Å². The van der Waals surface area contributed by atoms with Gasteiger partial charge in [-0.15, -0.1) is 0 Å². The zero-order chi connectivity index (χ0) is 17.6. The summed E-state index contributed by atoms with van der Waals surface area (Å²) in [5, 5.41) is 3.08. The lowest BCUT2D eigenvalue weighted by Crippen LogP contribution is -2.38. The molecule has 128 valence electrons. The molecule has 0 aliphatic heterocycles. The maximum atomic E-state index is 12.0. The van der Waals surface area contributed by atoms with Crippen molar-refractivity contribution in [3.63, 3.8) is 0 Å². The minimum Gasteiger partial charge on any atom is -0.354 e. The Morgan fingerprint density at radius 1 is 1.08 bits per heavy atom. The molecule has 2 aromatic carbocycles. The summed E-state index contributed by atoms with van der Waals surface area (Å²) < 4.78 is 25.2. The minimum atomic E-state index is -3.50. The van der Waals surface area contributed by atoms with Gasteiger partial charge in [0, 0.05) is 6.54 Å². The Morgan fingerprint density at radius 2 is 1.71 bits per heavy atom. The number of nitrogens with zero attached hydrogens (tertiary/aromatic N) is 1. The van der Waals surface area contributed by atoms with Crippen LogP contribution >= 0.6 is 11.6 Å². The van der Waals surface area contributed by atoms with E-state index in [1.807, 2.05) is 30.3 Å². The molecule has 1 amide bonds. The van der Waals surface area contributed by atoms with Crippen molar-refractivity contribution in [1.82, 2.24) is 5.32 Å². The second-order valence-electron chi connectivity index (χ2n) is 5.30. The highest BCUT2D eigenvalue weighted by molar-refractivity contribution is 7.92. The predicted molar refractivity (Wildman–Crippen MR) is 96.8 cm³/mol. The molecule has 0 radical (unpaired) electrons. The van der Waals surface area contributed by atoms with Gasteiger partial charge in [0.15, 0.2) is 0 Å². The van der Waals surface area contributed by atoms with Gasteiger partial charge in [0.1, 0.15) is 0 Å². The monoisotopic (exact) mass is 366 g/mol. The summed E-state index contributed by atoms with van der Waals surface area (Å²) in [5.41, 5.74) is 1.31. The normalized spacial score (nSPS) is 11.1. The van der Waals surface area contributed by atoms with E-state index in [1.54, 1.807) is 24.3 Å². The molecule has 0 aliphatic carbocycles. The van der Waals surface area contributed by atoms with E-state index >= 15 is 0 Å². The lowest BCUT2D eigenvalue weighted by Gasteiger charge is -2.23. The molecular weight excluding hydrogens is 348 g/mol. The smallest absolute Gasteiger partial charge is 0.232 e. The van der Waals surface area contributed by atoms with Crippen molar-refractivity contribution in [3.8, 4) is 0 Å². The minimum absolute atomic E-state index is 0.114. The highest BCUT2D eigenvalue weighted by atomic mass is 35.5. The van der Waals surface area contributed by atoms with Crippen molar-refractivity contribution >= 4 is 33.2 Å². The lowest BCUT2D eigenvalue weighted by molar-refractivity contribution is -0.120. The number of benzene rings is 2. The quantitative estimate of drug-likeness (QED) is 0.818. The fourth-order valence-corrected chi connectivity index (χ4v) is 3.49. The summed E-state index contributed by atoms with van der Waals surface area (Å²) in [6.07, 6.45) is 1.37. The van der Waals surface area contributed by atoms with Crippen molar-refractivity contribution in [2.75, 3.05) is 23.7 Å². The standard InChI is InChI=1S/C17H19ClN2O3S/c1-24(22,23)20(16-10-6-5-9-15(16)18)12-11-19-17(21)13-14-7-3-2-4-8-14/h2-10H,11-13H2,1H3,(H,19,21). The second kappa shape index (κ2) is 8.17. The highest BCUT2D eigenvalue weighted by Crippen LogP contribution is 2.26. The first kappa shape index (κ1) is 18.3. The molecule has 5 nitrogen and oxygen atoms in total. The van der Waals surface area contributed by atoms with Crippen LogP contribution < -0.4 is 9.62 Å². The van der Waals surface area contributed by atoms with Crippen LogP contribution in [0.1, 0.15) is 5.56 Å². The van der Waals surface area contributed by atoms with Gasteiger partial charge in [0.2, 0.25) is 15.9 Å². The van der Waals surface area contributed by atoms with E-state index in [9.17, 15) is 13.2 Å². The van der Waals surface area contributed by atoms with Crippen molar-refractivity contribution in [1.29, 1.82) is 0 Å². The summed E-state index contributed by atoms with van der Waals surface area (Å²) in [6, 6.07) is 16.1. The van der Waals surface area contributed by atoms with E-state index in [1.165, 1.54) is 4.31 Å². The molecule has 0 aromatic heterocycles. The number of amides is 1. The van der Waals surface area contributed by atoms with Gasteiger partial charge in [-0.25, -0.2) is 8.42 Å². The van der Waals surface area contributed by atoms with Crippen LogP contribution in [-0.2, 0) is 21.2 Å². The van der Waals surface area contributed by atoms with Crippen molar-refractivity contribution < 1.29 is 13.2 Å². The molecule has 7 heteroatoms. The third kappa shape index (κ3) is 5.25. The summed E-state index contributed by atoms with van der Waals surface area (Å²) in [7, 11) is -3.50. The average molecular weight is 367 g/mol. The molecule has 0 aliphatic rings. The first-order valence-electron chi connectivity index (χ1n) is 7.41. The zero-order valence-corrected chi connectivity index (χ0v) is 14.8. The van der Waals surface area contributed by atoms with Crippen LogP contribution in [0.3, 0.4) is 0 Å². The molecule has 0 bridgehead atoms. The molecule has 0 spiro atoms. The van der Waals surface area contributed by atoms with Crippen molar-refractivity contribution in [2.45, 2.75) is 6.42 Å². The van der Waals surface area contributed by atoms with E-state index in [0.29, 0.717) is 10.7 Å². The number of sulfonamides is 1. The Labute approximate surface area is 147 Å². The van der Waals surface area contributed by atoms with Gasteiger partial charge in [-0.05, 0) is 17.7 Å². The zero-order valence-electron chi connectivity index (χ0n) is 13.3. The molecule has 2 rings (SSSR count). The number of para-hydroxylation sites is 1. The largest absolute Gasteiger partial charge is 0.354 e. The second-order valence-corrected chi connectivity index (χ2v) is 7.61. The number of anilines is 1. The fourth-order valence-electron chi connectivity index (χ4n) is 2.26. The molecule has 2 aromatic rings. The summed E-state index contributed by atoms with van der Waals surface area (Å²) in [5.74, 6) is -0.159. The van der Waals surface area contributed by atoms with Crippen molar-refractivity contribution in [3.05, 3.63) is 65.2 Å². The summed E-state index contributed by atoms with van der Waals surface area (Å²) >= 11 is 6.08. The Bertz CT molecular complexity index is 794.